The summed E-state index contributed by atoms with van der Waals surface area (Å²) in [5, 5.41) is -0.120. The van der Waals surface area contributed by atoms with Gasteiger partial charge in [0.1, 0.15) is 9.84 Å². The van der Waals surface area contributed by atoms with Gasteiger partial charge in [0.2, 0.25) is 0 Å². The zero-order valence-electron chi connectivity index (χ0n) is 9.90. The van der Waals surface area contributed by atoms with E-state index in [1.807, 2.05) is 12.1 Å². The Morgan fingerprint density at radius 2 is 1.82 bits per heavy atom. The van der Waals surface area contributed by atoms with Crippen molar-refractivity contribution in [3.05, 3.63) is 34.3 Å². The average Bonchev–Trinajstić information content (AvgIpc) is 2.28. The second-order valence-electron chi connectivity index (χ2n) is 4.86. The summed E-state index contributed by atoms with van der Waals surface area (Å²) >= 11 is 3.48. The zero-order chi connectivity index (χ0) is 12.5. The Hall–Kier alpha value is -0.350. The second-order valence-corrected chi connectivity index (χ2v) is 8.10. The quantitative estimate of drug-likeness (QED) is 0.836. The lowest BCUT2D eigenvalue weighted by molar-refractivity contribution is 0.436. The molecule has 0 saturated heterocycles. The van der Waals surface area contributed by atoms with Crippen LogP contribution < -0.4 is 0 Å². The average molecular weight is 317 g/mol. The lowest BCUT2D eigenvalue weighted by Crippen LogP contribution is -2.25. The molecule has 17 heavy (non-hydrogen) atoms. The smallest absolute Gasteiger partial charge is 0.150 e. The third-order valence-electron chi connectivity index (χ3n) is 3.60. The largest absolute Gasteiger partial charge is 0.229 e. The van der Waals surface area contributed by atoms with E-state index in [1.54, 1.807) is 0 Å². The Labute approximate surface area is 111 Å². The monoisotopic (exact) mass is 316 g/mol. The molecule has 0 aromatic heterocycles. The van der Waals surface area contributed by atoms with Gasteiger partial charge in [-0.05, 0) is 49.3 Å². The summed E-state index contributed by atoms with van der Waals surface area (Å²) in [5.41, 5.74) is 1.33. The van der Waals surface area contributed by atoms with Gasteiger partial charge in [-0.15, -0.1) is 0 Å². The van der Waals surface area contributed by atoms with E-state index in [-0.39, 0.29) is 5.25 Å². The second kappa shape index (κ2) is 5.11. The van der Waals surface area contributed by atoms with Gasteiger partial charge in [0.25, 0.3) is 0 Å². The summed E-state index contributed by atoms with van der Waals surface area (Å²) < 4.78 is 24.0. The van der Waals surface area contributed by atoms with Crippen LogP contribution in [-0.2, 0) is 9.84 Å². The van der Waals surface area contributed by atoms with Crippen LogP contribution in [0.1, 0.15) is 37.2 Å². The molecule has 0 bridgehead atoms. The maximum atomic E-state index is 11.5. The minimum atomic E-state index is -2.85. The first-order valence-corrected chi connectivity index (χ1v) is 8.66. The highest BCUT2D eigenvalue weighted by Gasteiger charge is 2.28. The van der Waals surface area contributed by atoms with E-state index in [2.05, 4.69) is 28.1 Å². The van der Waals surface area contributed by atoms with Gasteiger partial charge in [-0.3, -0.25) is 0 Å². The van der Waals surface area contributed by atoms with E-state index in [0.717, 1.165) is 30.2 Å². The molecule has 2 nitrogen and oxygen atoms in total. The molecular formula is C13H17BrO2S. The van der Waals surface area contributed by atoms with E-state index in [4.69, 9.17) is 0 Å². The summed E-state index contributed by atoms with van der Waals surface area (Å²) in [4.78, 5) is 0. The molecule has 94 valence electrons. The Morgan fingerprint density at radius 1 is 1.18 bits per heavy atom. The molecule has 0 heterocycles. The summed E-state index contributed by atoms with van der Waals surface area (Å²) in [5.74, 6) is 0.519. The number of sulfone groups is 1. The van der Waals surface area contributed by atoms with Gasteiger partial charge in [0, 0.05) is 10.7 Å². The van der Waals surface area contributed by atoms with Crippen LogP contribution in [0.2, 0.25) is 0 Å². The number of hydrogen-bond acceptors (Lipinski definition) is 2. The van der Waals surface area contributed by atoms with Crippen LogP contribution >= 0.6 is 15.9 Å². The number of benzene rings is 1. The molecule has 0 amide bonds. The molecule has 0 aliphatic heterocycles. The molecule has 0 radical (unpaired) electrons. The third kappa shape index (κ3) is 3.32. The molecular weight excluding hydrogens is 300 g/mol. The lowest BCUT2D eigenvalue weighted by Gasteiger charge is -2.27. The fourth-order valence-electron chi connectivity index (χ4n) is 2.58. The van der Waals surface area contributed by atoms with Crippen LogP contribution in [0.15, 0.2) is 28.7 Å². The highest BCUT2D eigenvalue weighted by molar-refractivity contribution is 9.10. The van der Waals surface area contributed by atoms with E-state index in [9.17, 15) is 8.42 Å². The van der Waals surface area contributed by atoms with Gasteiger partial charge in [-0.1, -0.05) is 28.1 Å². The predicted octanol–water partition coefficient (Wildman–Crippen LogP) is 3.52. The van der Waals surface area contributed by atoms with Gasteiger partial charge in [-0.25, -0.2) is 8.42 Å². The maximum Gasteiger partial charge on any atom is 0.150 e. The highest BCUT2D eigenvalue weighted by atomic mass is 79.9. The molecule has 2 rings (SSSR count). The normalized spacial score (nSPS) is 25.8. The summed E-state index contributed by atoms with van der Waals surface area (Å²) in [7, 11) is -2.85. The highest BCUT2D eigenvalue weighted by Crippen LogP contribution is 2.35. The minimum absolute atomic E-state index is 0.120. The molecule has 1 aliphatic rings. The molecule has 1 saturated carbocycles. The van der Waals surface area contributed by atoms with Crippen molar-refractivity contribution in [1.29, 1.82) is 0 Å². The summed E-state index contributed by atoms with van der Waals surface area (Å²) in [6.45, 7) is 0. The van der Waals surface area contributed by atoms with Gasteiger partial charge in [-0.2, -0.15) is 0 Å². The standard InChI is InChI=1S/C13H17BrO2S/c1-17(15,16)13-7-5-10(6-8-13)11-3-2-4-12(14)9-11/h2-4,9-10,13H,5-8H2,1H3. The Morgan fingerprint density at radius 3 is 2.35 bits per heavy atom. The fraction of sp³-hybridized carbons (Fsp3) is 0.538. The molecule has 0 unspecified atom stereocenters. The van der Waals surface area contributed by atoms with Crippen LogP contribution in [0.5, 0.6) is 0 Å². The molecule has 1 aromatic carbocycles. The Kier molecular flexibility index (Phi) is 3.93. The van der Waals surface area contributed by atoms with E-state index >= 15 is 0 Å². The van der Waals surface area contributed by atoms with Crippen molar-refractivity contribution < 1.29 is 8.42 Å². The molecule has 0 atom stereocenters. The van der Waals surface area contributed by atoms with Crippen molar-refractivity contribution in [3.63, 3.8) is 0 Å². The Balaban J connectivity index is 2.05. The first-order valence-electron chi connectivity index (χ1n) is 5.91. The first-order chi connectivity index (χ1) is 7.97. The number of rotatable bonds is 2. The lowest BCUT2D eigenvalue weighted by atomic mass is 9.84. The summed E-state index contributed by atoms with van der Waals surface area (Å²) in [6.07, 6.45) is 4.92. The van der Waals surface area contributed by atoms with Crippen molar-refractivity contribution in [2.75, 3.05) is 6.26 Å². The van der Waals surface area contributed by atoms with Crippen molar-refractivity contribution in [2.24, 2.45) is 0 Å². The van der Waals surface area contributed by atoms with Crippen LogP contribution in [0.3, 0.4) is 0 Å². The van der Waals surface area contributed by atoms with Crippen LogP contribution in [0, 0.1) is 0 Å². The van der Waals surface area contributed by atoms with E-state index < -0.39 is 9.84 Å². The molecule has 4 heteroatoms. The van der Waals surface area contributed by atoms with Crippen molar-refractivity contribution in [3.8, 4) is 0 Å². The maximum absolute atomic E-state index is 11.5. The number of hydrogen-bond donors (Lipinski definition) is 0. The first kappa shape index (κ1) is 13.1. The molecule has 1 fully saturated rings. The predicted molar refractivity (Wildman–Crippen MR) is 74.0 cm³/mol. The van der Waals surface area contributed by atoms with Crippen molar-refractivity contribution in [1.82, 2.24) is 0 Å². The zero-order valence-corrected chi connectivity index (χ0v) is 12.3. The van der Waals surface area contributed by atoms with E-state index in [1.165, 1.54) is 11.8 Å². The SMILES string of the molecule is CS(=O)(=O)C1CCC(c2cccc(Br)c2)CC1. The summed E-state index contributed by atoms with van der Waals surface area (Å²) in [6, 6.07) is 8.34. The Bertz CT molecular complexity index is 488. The van der Waals surface area contributed by atoms with Gasteiger partial charge in [0.15, 0.2) is 0 Å². The van der Waals surface area contributed by atoms with Gasteiger partial charge >= 0.3 is 0 Å². The van der Waals surface area contributed by atoms with Crippen molar-refractivity contribution >= 4 is 25.8 Å². The van der Waals surface area contributed by atoms with Crippen LogP contribution in [0.4, 0.5) is 0 Å². The van der Waals surface area contributed by atoms with E-state index in [0.29, 0.717) is 5.92 Å². The van der Waals surface area contributed by atoms with Crippen LogP contribution in [-0.4, -0.2) is 19.9 Å². The van der Waals surface area contributed by atoms with Crippen molar-refractivity contribution in [2.45, 2.75) is 36.9 Å². The molecule has 0 N–H and O–H groups in total. The molecule has 0 spiro atoms. The van der Waals surface area contributed by atoms with Crippen LogP contribution in [0.25, 0.3) is 0 Å². The number of halogens is 1. The van der Waals surface area contributed by atoms with Gasteiger partial charge < -0.3 is 0 Å². The fourth-order valence-corrected chi connectivity index (χ4v) is 4.13. The topological polar surface area (TPSA) is 34.1 Å². The van der Waals surface area contributed by atoms with Gasteiger partial charge in [0.05, 0.1) is 5.25 Å². The molecule has 1 aromatic rings. The third-order valence-corrected chi connectivity index (χ3v) is 5.78. The molecule has 1 aliphatic carbocycles. The minimum Gasteiger partial charge on any atom is -0.229 e.